The number of amides is 2. The van der Waals surface area contributed by atoms with Crippen LogP contribution >= 0.6 is 0 Å². The molecule has 31 heavy (non-hydrogen) atoms. The van der Waals surface area contributed by atoms with Gasteiger partial charge < -0.3 is 24.8 Å². The zero-order valence-electron chi connectivity index (χ0n) is 17.2. The number of aliphatic hydroxyl groups excluding tert-OH is 1. The van der Waals surface area contributed by atoms with E-state index in [1.807, 2.05) is 41.0 Å². The summed E-state index contributed by atoms with van der Waals surface area (Å²) in [5.41, 5.74) is 8.84. The zero-order valence-corrected chi connectivity index (χ0v) is 17.2. The SMILES string of the molecule is C[C@H](O)c1nccn1Cc1cc(-c2ccc(C#CC3=CCN(C(N)=O)CC3)cc2)on1. The monoisotopic (exact) mass is 417 g/mol. The first kappa shape index (κ1) is 20.4. The van der Waals surface area contributed by atoms with Crippen LogP contribution < -0.4 is 5.73 Å². The zero-order chi connectivity index (χ0) is 21.8. The molecular formula is C23H23N5O3. The van der Waals surface area contributed by atoms with Crippen molar-refractivity contribution in [3.63, 3.8) is 0 Å². The summed E-state index contributed by atoms with van der Waals surface area (Å²) < 4.78 is 7.33. The van der Waals surface area contributed by atoms with Crippen molar-refractivity contribution in [3.8, 4) is 23.2 Å². The summed E-state index contributed by atoms with van der Waals surface area (Å²) in [6.07, 6.45) is 5.45. The van der Waals surface area contributed by atoms with E-state index in [-0.39, 0.29) is 0 Å². The molecule has 2 amide bonds. The van der Waals surface area contributed by atoms with Crippen LogP contribution in [0.5, 0.6) is 0 Å². The maximum Gasteiger partial charge on any atom is 0.315 e. The number of aromatic nitrogens is 3. The Morgan fingerprint density at radius 3 is 2.81 bits per heavy atom. The van der Waals surface area contributed by atoms with E-state index in [4.69, 9.17) is 10.3 Å². The number of nitrogens with zero attached hydrogens (tertiary/aromatic N) is 4. The van der Waals surface area contributed by atoms with E-state index in [1.165, 1.54) is 0 Å². The molecule has 3 aromatic rings. The highest BCUT2D eigenvalue weighted by Crippen LogP contribution is 2.22. The topological polar surface area (TPSA) is 110 Å². The molecule has 0 saturated heterocycles. The van der Waals surface area contributed by atoms with Gasteiger partial charge in [0.25, 0.3) is 0 Å². The smallest absolute Gasteiger partial charge is 0.315 e. The molecule has 0 unspecified atom stereocenters. The van der Waals surface area contributed by atoms with Crippen LogP contribution in [0, 0.1) is 11.8 Å². The number of hydrogen-bond acceptors (Lipinski definition) is 5. The number of urea groups is 1. The first-order valence-corrected chi connectivity index (χ1v) is 10.00. The van der Waals surface area contributed by atoms with E-state index in [1.54, 1.807) is 24.2 Å². The lowest BCUT2D eigenvalue weighted by molar-refractivity contribution is 0.184. The number of aliphatic hydroxyl groups is 1. The predicted octanol–water partition coefficient (Wildman–Crippen LogP) is 2.70. The molecule has 1 aliphatic rings. The van der Waals surface area contributed by atoms with Crippen LogP contribution in [0.15, 0.2) is 58.9 Å². The van der Waals surface area contributed by atoms with Gasteiger partial charge in [0, 0.05) is 48.2 Å². The molecule has 3 N–H and O–H groups in total. The normalized spacial score (nSPS) is 14.5. The number of primary amides is 1. The van der Waals surface area contributed by atoms with Crippen molar-refractivity contribution < 1.29 is 14.4 Å². The molecule has 1 atom stereocenters. The molecular weight excluding hydrogens is 394 g/mol. The predicted molar refractivity (Wildman–Crippen MR) is 115 cm³/mol. The lowest BCUT2D eigenvalue weighted by atomic mass is 10.1. The highest BCUT2D eigenvalue weighted by Gasteiger charge is 2.14. The second-order valence-electron chi connectivity index (χ2n) is 7.36. The fourth-order valence-electron chi connectivity index (χ4n) is 3.37. The van der Waals surface area contributed by atoms with Gasteiger partial charge in [0.1, 0.15) is 17.6 Å². The van der Waals surface area contributed by atoms with E-state index >= 15 is 0 Å². The summed E-state index contributed by atoms with van der Waals surface area (Å²) in [5.74, 6) is 7.57. The third kappa shape index (κ3) is 4.85. The van der Waals surface area contributed by atoms with Gasteiger partial charge in [-0.1, -0.05) is 23.1 Å². The van der Waals surface area contributed by atoms with Crippen LogP contribution in [-0.2, 0) is 6.54 Å². The Morgan fingerprint density at radius 1 is 1.32 bits per heavy atom. The van der Waals surface area contributed by atoms with E-state index in [0.717, 1.165) is 22.4 Å². The van der Waals surface area contributed by atoms with Crippen LogP contribution in [0.1, 0.15) is 36.5 Å². The van der Waals surface area contributed by atoms with Crippen LogP contribution in [0.4, 0.5) is 4.79 Å². The molecule has 4 rings (SSSR count). The Morgan fingerprint density at radius 2 is 2.13 bits per heavy atom. The summed E-state index contributed by atoms with van der Waals surface area (Å²) in [6, 6.07) is 9.23. The van der Waals surface area contributed by atoms with Crippen molar-refractivity contribution in [2.24, 2.45) is 5.73 Å². The maximum atomic E-state index is 11.2. The summed E-state index contributed by atoms with van der Waals surface area (Å²) in [4.78, 5) is 16.9. The Balaban J connectivity index is 1.42. The molecule has 8 nitrogen and oxygen atoms in total. The molecule has 1 aromatic carbocycles. The average Bonchev–Trinajstić information content (AvgIpc) is 3.43. The average molecular weight is 417 g/mol. The third-order valence-electron chi connectivity index (χ3n) is 5.07. The number of carbonyl (C=O) groups is 1. The molecule has 1 aliphatic heterocycles. The quantitative estimate of drug-likeness (QED) is 0.634. The molecule has 0 saturated carbocycles. The molecule has 3 heterocycles. The summed E-state index contributed by atoms with van der Waals surface area (Å²) in [7, 11) is 0. The fourth-order valence-corrected chi connectivity index (χ4v) is 3.37. The molecule has 0 bridgehead atoms. The molecule has 8 heteroatoms. The fraction of sp³-hybridized carbons (Fsp3) is 0.261. The highest BCUT2D eigenvalue weighted by molar-refractivity contribution is 5.72. The van der Waals surface area contributed by atoms with E-state index in [9.17, 15) is 9.90 Å². The van der Waals surface area contributed by atoms with Gasteiger partial charge in [0.2, 0.25) is 0 Å². The maximum absolute atomic E-state index is 11.2. The number of imidazole rings is 1. The Labute approximate surface area is 180 Å². The molecule has 2 aromatic heterocycles. The molecule has 0 fully saturated rings. The largest absolute Gasteiger partial charge is 0.385 e. The highest BCUT2D eigenvalue weighted by atomic mass is 16.5. The van der Waals surface area contributed by atoms with Crippen molar-refractivity contribution in [1.82, 2.24) is 19.6 Å². The van der Waals surface area contributed by atoms with Gasteiger partial charge in [0.05, 0.1) is 6.54 Å². The van der Waals surface area contributed by atoms with Gasteiger partial charge >= 0.3 is 6.03 Å². The second kappa shape index (κ2) is 8.90. The van der Waals surface area contributed by atoms with E-state index < -0.39 is 12.1 Å². The lowest BCUT2D eigenvalue weighted by Crippen LogP contribution is -2.38. The van der Waals surface area contributed by atoms with Gasteiger partial charge in [-0.3, -0.25) is 0 Å². The Kier molecular flexibility index (Phi) is 5.87. The van der Waals surface area contributed by atoms with Crippen LogP contribution in [0.2, 0.25) is 0 Å². The Hall–Kier alpha value is -3.83. The van der Waals surface area contributed by atoms with Gasteiger partial charge in [-0.15, -0.1) is 0 Å². The first-order chi connectivity index (χ1) is 15.0. The number of benzene rings is 1. The van der Waals surface area contributed by atoms with Crippen molar-refractivity contribution in [1.29, 1.82) is 0 Å². The minimum Gasteiger partial charge on any atom is -0.385 e. The van der Waals surface area contributed by atoms with Crippen LogP contribution in [0.3, 0.4) is 0 Å². The molecule has 0 radical (unpaired) electrons. The molecule has 158 valence electrons. The van der Waals surface area contributed by atoms with Gasteiger partial charge in [-0.05, 0) is 37.6 Å². The number of hydrogen-bond donors (Lipinski definition) is 2. The number of rotatable bonds is 4. The van der Waals surface area contributed by atoms with Gasteiger partial charge in [0.15, 0.2) is 5.76 Å². The number of carbonyl (C=O) groups excluding carboxylic acids is 1. The third-order valence-corrected chi connectivity index (χ3v) is 5.07. The summed E-state index contributed by atoms with van der Waals surface area (Å²) in [6.45, 7) is 3.25. The van der Waals surface area contributed by atoms with Gasteiger partial charge in [-0.2, -0.15) is 0 Å². The minimum atomic E-state index is -0.651. The Bertz CT molecular complexity index is 1160. The van der Waals surface area contributed by atoms with Crippen molar-refractivity contribution in [3.05, 3.63) is 71.5 Å². The van der Waals surface area contributed by atoms with E-state index in [0.29, 0.717) is 37.6 Å². The van der Waals surface area contributed by atoms with Gasteiger partial charge in [-0.25, -0.2) is 9.78 Å². The second-order valence-corrected chi connectivity index (χ2v) is 7.36. The standard InChI is InChI=1S/C23H23N5O3/c1-16(29)22-25-10-13-28(22)15-20-14-21(31-26-20)19-6-4-17(5-7-19)2-3-18-8-11-27(12-9-18)23(24)30/h4-8,10,13-14,16,29H,9,11-12,15H2,1H3,(H2,24,30)/t16-/m0/s1. The summed E-state index contributed by atoms with van der Waals surface area (Å²) in [5, 5.41) is 13.9. The van der Waals surface area contributed by atoms with Crippen LogP contribution in [-0.4, -0.2) is 43.8 Å². The number of nitrogens with two attached hydrogens (primary N) is 1. The summed E-state index contributed by atoms with van der Waals surface area (Å²) >= 11 is 0. The molecule has 0 aliphatic carbocycles. The lowest BCUT2D eigenvalue weighted by Gasteiger charge is -2.22. The minimum absolute atomic E-state index is 0.400. The first-order valence-electron chi connectivity index (χ1n) is 10.00. The van der Waals surface area contributed by atoms with E-state index in [2.05, 4.69) is 22.0 Å². The van der Waals surface area contributed by atoms with Crippen molar-refractivity contribution in [2.45, 2.75) is 26.0 Å². The molecule has 0 spiro atoms. The van der Waals surface area contributed by atoms with Crippen molar-refractivity contribution >= 4 is 6.03 Å². The van der Waals surface area contributed by atoms with Crippen molar-refractivity contribution in [2.75, 3.05) is 13.1 Å². The van der Waals surface area contributed by atoms with Crippen LogP contribution in [0.25, 0.3) is 11.3 Å².